The molecule has 136 valence electrons. The van der Waals surface area contributed by atoms with Crippen LogP contribution in [0.25, 0.3) is 39.2 Å². The molecule has 0 aliphatic rings. The Bertz CT molecular complexity index is 1290. The van der Waals surface area contributed by atoms with Gasteiger partial charge in [0, 0.05) is 17.3 Å². The molecule has 2 aromatic carbocycles. The van der Waals surface area contributed by atoms with E-state index < -0.39 is 0 Å². The van der Waals surface area contributed by atoms with Gasteiger partial charge in [-0.3, -0.25) is 0 Å². The highest BCUT2D eigenvalue weighted by molar-refractivity contribution is 6.02. The number of benzene rings is 2. The minimum absolute atomic E-state index is 0.647. The molecule has 0 saturated carbocycles. The van der Waals surface area contributed by atoms with E-state index in [9.17, 15) is 0 Å². The summed E-state index contributed by atoms with van der Waals surface area (Å²) < 4.78 is 7.12. The van der Waals surface area contributed by atoms with Crippen molar-refractivity contribution < 1.29 is 4.74 Å². The van der Waals surface area contributed by atoms with Crippen molar-refractivity contribution in [1.29, 1.82) is 0 Å². The number of pyridine rings is 1. The summed E-state index contributed by atoms with van der Waals surface area (Å²) in [4.78, 5) is 9.70. The monoisotopic (exact) mass is 366 g/mol. The number of hydrogen-bond donors (Lipinski definition) is 0. The average Bonchev–Trinajstić information content (AvgIpc) is 3.12. The van der Waals surface area contributed by atoms with Gasteiger partial charge in [-0.25, -0.2) is 14.5 Å². The lowest BCUT2D eigenvalue weighted by molar-refractivity contribution is 0.415. The van der Waals surface area contributed by atoms with Crippen LogP contribution in [-0.4, -0.2) is 26.7 Å². The first-order valence-corrected chi connectivity index (χ1v) is 9.09. The van der Waals surface area contributed by atoms with Crippen LogP contribution in [0, 0.1) is 6.92 Å². The van der Waals surface area contributed by atoms with Gasteiger partial charge in [0.1, 0.15) is 5.75 Å². The normalized spacial score (nSPS) is 11.2. The molecule has 0 fully saturated rings. The zero-order valence-electron chi connectivity index (χ0n) is 15.6. The van der Waals surface area contributed by atoms with E-state index in [2.05, 4.69) is 36.3 Å². The fourth-order valence-electron chi connectivity index (χ4n) is 3.37. The van der Waals surface area contributed by atoms with Crippen LogP contribution in [0.5, 0.6) is 5.75 Å². The van der Waals surface area contributed by atoms with Gasteiger partial charge in [-0.2, -0.15) is 0 Å². The second kappa shape index (κ2) is 6.46. The maximum absolute atomic E-state index is 5.26. The maximum Gasteiger partial charge on any atom is 0.186 e. The van der Waals surface area contributed by atoms with Crippen molar-refractivity contribution in [3.05, 3.63) is 78.5 Å². The zero-order chi connectivity index (χ0) is 19.1. The minimum atomic E-state index is 0.647. The summed E-state index contributed by atoms with van der Waals surface area (Å²) in [5.74, 6) is 1.45. The number of nitrogens with zero attached hydrogens (tertiary/aromatic N) is 4. The van der Waals surface area contributed by atoms with E-state index in [0.717, 1.165) is 33.5 Å². The molecule has 0 bridgehead atoms. The van der Waals surface area contributed by atoms with E-state index in [1.165, 1.54) is 5.56 Å². The number of methoxy groups -OCH3 is 1. The van der Waals surface area contributed by atoms with Crippen LogP contribution in [0.2, 0.25) is 0 Å². The molecule has 5 aromatic rings. The number of rotatable bonds is 3. The number of ether oxygens (including phenoxy) is 1. The molecular weight excluding hydrogens is 348 g/mol. The van der Waals surface area contributed by atoms with E-state index in [-0.39, 0.29) is 0 Å². The average molecular weight is 366 g/mol. The van der Waals surface area contributed by atoms with Crippen molar-refractivity contribution in [2.45, 2.75) is 6.92 Å². The molecule has 0 saturated heterocycles. The van der Waals surface area contributed by atoms with Gasteiger partial charge < -0.3 is 4.74 Å². The second-order valence-corrected chi connectivity index (χ2v) is 6.72. The van der Waals surface area contributed by atoms with Gasteiger partial charge in [-0.05, 0) is 43.3 Å². The highest BCUT2D eigenvalue weighted by Gasteiger charge is 2.16. The molecule has 5 rings (SSSR count). The Labute approximate surface area is 162 Å². The predicted molar refractivity (Wildman–Crippen MR) is 110 cm³/mol. The fraction of sp³-hybridized carbons (Fsp3) is 0.0870. The Balaban J connectivity index is 1.81. The predicted octanol–water partition coefficient (Wildman–Crippen LogP) is 4.93. The Kier molecular flexibility index (Phi) is 3.79. The van der Waals surface area contributed by atoms with Gasteiger partial charge in [-0.1, -0.05) is 35.9 Å². The first kappa shape index (κ1) is 16.4. The maximum atomic E-state index is 5.26. The van der Waals surface area contributed by atoms with Gasteiger partial charge in [0.2, 0.25) is 0 Å². The quantitative estimate of drug-likeness (QED) is 0.454. The molecule has 3 heterocycles. The number of fused-ring (bicyclic) bond motifs is 3. The van der Waals surface area contributed by atoms with Crippen molar-refractivity contribution in [3.63, 3.8) is 0 Å². The van der Waals surface area contributed by atoms with Crippen molar-refractivity contribution in [3.8, 4) is 28.4 Å². The number of aryl methyl sites for hydroxylation is 1. The van der Waals surface area contributed by atoms with Gasteiger partial charge in [0.05, 0.1) is 23.7 Å². The summed E-state index contributed by atoms with van der Waals surface area (Å²) in [6.07, 6.45) is 1.93. The van der Waals surface area contributed by atoms with E-state index in [1.54, 1.807) is 7.11 Å². The lowest BCUT2D eigenvalue weighted by Crippen LogP contribution is -1.94. The lowest BCUT2D eigenvalue weighted by atomic mass is 10.1. The van der Waals surface area contributed by atoms with Gasteiger partial charge >= 0.3 is 0 Å². The minimum Gasteiger partial charge on any atom is -0.497 e. The molecule has 5 heteroatoms. The molecular formula is C23H18N4O. The molecule has 5 nitrogen and oxygen atoms in total. The molecule has 0 aliphatic heterocycles. The zero-order valence-corrected chi connectivity index (χ0v) is 15.6. The Morgan fingerprint density at radius 1 is 0.821 bits per heavy atom. The molecule has 28 heavy (non-hydrogen) atoms. The third-order valence-corrected chi connectivity index (χ3v) is 4.86. The van der Waals surface area contributed by atoms with Crippen molar-refractivity contribution in [2.24, 2.45) is 0 Å². The Morgan fingerprint density at radius 3 is 2.32 bits per heavy atom. The SMILES string of the molecule is COc1ccc(-c2nc(-c3ccc(C)cc3)c3c(n2)nn2ccccc32)cc1. The smallest absolute Gasteiger partial charge is 0.186 e. The van der Waals surface area contributed by atoms with E-state index in [1.807, 2.05) is 53.2 Å². The van der Waals surface area contributed by atoms with Gasteiger partial charge in [0.15, 0.2) is 11.5 Å². The summed E-state index contributed by atoms with van der Waals surface area (Å²) in [6.45, 7) is 2.08. The van der Waals surface area contributed by atoms with Crippen LogP contribution in [0.1, 0.15) is 5.56 Å². The first-order valence-electron chi connectivity index (χ1n) is 9.09. The van der Waals surface area contributed by atoms with E-state index >= 15 is 0 Å². The molecule has 0 radical (unpaired) electrons. The van der Waals surface area contributed by atoms with Gasteiger partial charge in [0.25, 0.3) is 0 Å². The second-order valence-electron chi connectivity index (χ2n) is 6.72. The summed E-state index contributed by atoms with van der Waals surface area (Å²) in [5, 5.41) is 5.64. The van der Waals surface area contributed by atoms with E-state index in [4.69, 9.17) is 14.7 Å². The Hall–Kier alpha value is -3.73. The van der Waals surface area contributed by atoms with Crippen molar-refractivity contribution in [2.75, 3.05) is 7.11 Å². The van der Waals surface area contributed by atoms with Crippen LogP contribution in [0.3, 0.4) is 0 Å². The summed E-state index contributed by atoms with van der Waals surface area (Å²) >= 11 is 0. The summed E-state index contributed by atoms with van der Waals surface area (Å²) in [5.41, 5.74) is 5.75. The highest BCUT2D eigenvalue weighted by Crippen LogP contribution is 2.32. The molecule has 0 unspecified atom stereocenters. The van der Waals surface area contributed by atoms with Crippen LogP contribution in [-0.2, 0) is 0 Å². The Morgan fingerprint density at radius 2 is 1.57 bits per heavy atom. The third-order valence-electron chi connectivity index (χ3n) is 4.86. The number of aromatic nitrogens is 4. The molecule has 3 aromatic heterocycles. The molecule has 0 spiro atoms. The molecule has 0 aliphatic carbocycles. The standard InChI is InChI=1S/C23H18N4O/c1-15-6-8-16(9-7-15)21-20-19-5-3-4-14-27(19)26-23(20)25-22(24-21)17-10-12-18(28-2)13-11-17/h3-14H,1-2H3. The van der Waals surface area contributed by atoms with Crippen LogP contribution in [0.4, 0.5) is 0 Å². The molecule has 0 N–H and O–H groups in total. The summed E-state index contributed by atoms with van der Waals surface area (Å²) in [6, 6.07) is 22.2. The van der Waals surface area contributed by atoms with Crippen molar-refractivity contribution in [1.82, 2.24) is 19.6 Å². The third kappa shape index (κ3) is 2.68. The summed E-state index contributed by atoms with van der Waals surface area (Å²) in [7, 11) is 1.66. The lowest BCUT2D eigenvalue weighted by Gasteiger charge is -2.08. The van der Waals surface area contributed by atoms with Crippen LogP contribution in [0.15, 0.2) is 72.9 Å². The van der Waals surface area contributed by atoms with Crippen LogP contribution < -0.4 is 4.74 Å². The van der Waals surface area contributed by atoms with Crippen molar-refractivity contribution >= 4 is 16.6 Å². The molecule has 0 amide bonds. The van der Waals surface area contributed by atoms with E-state index in [0.29, 0.717) is 11.5 Å². The van der Waals surface area contributed by atoms with Crippen LogP contribution >= 0.6 is 0 Å². The number of hydrogen-bond acceptors (Lipinski definition) is 4. The highest BCUT2D eigenvalue weighted by atomic mass is 16.5. The topological polar surface area (TPSA) is 52.3 Å². The van der Waals surface area contributed by atoms with Gasteiger partial charge in [-0.15, -0.1) is 5.10 Å². The first-order chi connectivity index (χ1) is 13.7. The molecule has 0 atom stereocenters. The largest absolute Gasteiger partial charge is 0.497 e. The fourth-order valence-corrected chi connectivity index (χ4v) is 3.37.